The summed E-state index contributed by atoms with van der Waals surface area (Å²) >= 11 is 1.46. The zero-order valence-corrected chi connectivity index (χ0v) is 16.5. The molecule has 2 atom stereocenters. The Morgan fingerprint density at radius 3 is 2.33 bits per heavy atom. The highest BCUT2D eigenvalue weighted by molar-refractivity contribution is 7.07. The number of carbonyl (C=O) groups is 2. The SMILES string of the molecule is O=C(O)C(F)(F)F.O=C(c1cscn1)N1CC[C@@H]2[C@@H]1CCN2Cc1ccc(F)cc1. The molecule has 2 fully saturated rings. The monoisotopic (exact) mass is 445 g/mol. The highest BCUT2D eigenvalue weighted by Crippen LogP contribution is 2.33. The van der Waals surface area contributed by atoms with Gasteiger partial charge in [0.05, 0.1) is 5.51 Å². The Kier molecular flexibility index (Phi) is 6.71. The Morgan fingerprint density at radius 1 is 1.13 bits per heavy atom. The van der Waals surface area contributed by atoms with E-state index in [9.17, 15) is 22.4 Å². The van der Waals surface area contributed by atoms with E-state index in [1.54, 1.807) is 5.51 Å². The van der Waals surface area contributed by atoms with Crippen molar-refractivity contribution in [1.82, 2.24) is 14.8 Å². The van der Waals surface area contributed by atoms with Crippen LogP contribution in [0.2, 0.25) is 0 Å². The largest absolute Gasteiger partial charge is 0.490 e. The van der Waals surface area contributed by atoms with Crippen LogP contribution >= 0.6 is 11.3 Å². The smallest absolute Gasteiger partial charge is 0.475 e. The fraction of sp³-hybridized carbons (Fsp3) is 0.421. The van der Waals surface area contributed by atoms with Gasteiger partial charge in [0.2, 0.25) is 0 Å². The van der Waals surface area contributed by atoms with E-state index < -0.39 is 12.1 Å². The molecule has 0 bridgehead atoms. The van der Waals surface area contributed by atoms with Crippen molar-refractivity contribution in [3.05, 3.63) is 52.2 Å². The summed E-state index contributed by atoms with van der Waals surface area (Å²) in [5.41, 5.74) is 3.39. The molecule has 0 unspecified atom stereocenters. The molecule has 6 nitrogen and oxygen atoms in total. The second kappa shape index (κ2) is 9.09. The third kappa shape index (κ3) is 5.14. The van der Waals surface area contributed by atoms with Crippen LogP contribution in [0.3, 0.4) is 0 Å². The van der Waals surface area contributed by atoms with Gasteiger partial charge in [0.25, 0.3) is 5.91 Å². The first-order chi connectivity index (χ1) is 14.2. The molecule has 2 saturated heterocycles. The summed E-state index contributed by atoms with van der Waals surface area (Å²) in [5, 5.41) is 8.95. The van der Waals surface area contributed by atoms with Crippen LogP contribution in [0, 0.1) is 5.82 Å². The van der Waals surface area contributed by atoms with Crippen LogP contribution < -0.4 is 0 Å². The molecule has 2 aliphatic heterocycles. The van der Waals surface area contributed by atoms with Gasteiger partial charge in [0.1, 0.15) is 11.5 Å². The second-order valence-electron chi connectivity index (χ2n) is 6.98. The van der Waals surface area contributed by atoms with Crippen LogP contribution in [-0.2, 0) is 11.3 Å². The van der Waals surface area contributed by atoms with Crippen molar-refractivity contribution in [1.29, 1.82) is 0 Å². The zero-order valence-electron chi connectivity index (χ0n) is 15.7. The quantitative estimate of drug-likeness (QED) is 0.734. The van der Waals surface area contributed by atoms with Crippen LogP contribution in [0.25, 0.3) is 0 Å². The van der Waals surface area contributed by atoms with Crippen LogP contribution in [0.1, 0.15) is 28.9 Å². The van der Waals surface area contributed by atoms with Crippen LogP contribution in [0.5, 0.6) is 0 Å². The summed E-state index contributed by atoms with van der Waals surface area (Å²) in [5.74, 6) is -2.90. The topological polar surface area (TPSA) is 73.7 Å². The number of likely N-dealkylation sites (tertiary alicyclic amines) is 2. The molecule has 1 aromatic heterocycles. The van der Waals surface area contributed by atoms with Crippen molar-refractivity contribution < 1.29 is 32.3 Å². The number of aromatic nitrogens is 1. The standard InChI is InChI=1S/C17H18FN3OS.C2HF3O2/c18-13-3-1-12(2-4-13)9-20-7-5-16-15(20)6-8-21(16)17(22)14-10-23-11-19-14;3-2(4,5)1(6)7/h1-4,10-11,15-16H,5-9H2;(H,6,7)/t15-,16+;/m1./s1. The van der Waals surface area contributed by atoms with Gasteiger partial charge in [-0.05, 0) is 30.5 Å². The number of carbonyl (C=O) groups excluding carboxylic acids is 1. The van der Waals surface area contributed by atoms with Crippen molar-refractivity contribution in [2.45, 2.75) is 37.6 Å². The van der Waals surface area contributed by atoms with E-state index in [0.717, 1.165) is 38.0 Å². The third-order valence-corrected chi connectivity index (χ3v) is 5.73. The third-order valence-electron chi connectivity index (χ3n) is 5.15. The molecule has 1 aromatic carbocycles. The molecule has 1 N–H and O–H groups in total. The number of halogens is 4. The Labute approximate surface area is 173 Å². The molecule has 30 heavy (non-hydrogen) atoms. The van der Waals surface area contributed by atoms with Gasteiger partial charge in [-0.25, -0.2) is 14.2 Å². The maximum absolute atomic E-state index is 13.0. The van der Waals surface area contributed by atoms with Gasteiger partial charge in [0, 0.05) is 37.1 Å². The summed E-state index contributed by atoms with van der Waals surface area (Å²) in [6.07, 6.45) is -3.08. The summed E-state index contributed by atoms with van der Waals surface area (Å²) in [6.45, 7) is 2.60. The lowest BCUT2D eigenvalue weighted by Crippen LogP contribution is -2.39. The molecule has 4 rings (SSSR count). The van der Waals surface area contributed by atoms with Crippen LogP contribution in [0.15, 0.2) is 35.2 Å². The fourth-order valence-electron chi connectivity index (χ4n) is 3.81. The van der Waals surface area contributed by atoms with Gasteiger partial charge < -0.3 is 10.0 Å². The van der Waals surface area contributed by atoms with Gasteiger partial charge >= 0.3 is 12.1 Å². The Balaban J connectivity index is 0.000000318. The maximum atomic E-state index is 13.0. The van der Waals surface area contributed by atoms with Crippen LogP contribution in [0.4, 0.5) is 17.6 Å². The van der Waals surface area contributed by atoms with Crippen molar-refractivity contribution in [2.24, 2.45) is 0 Å². The molecular formula is C19H19F4N3O3S. The predicted molar refractivity (Wildman–Crippen MR) is 100 cm³/mol. The Morgan fingerprint density at radius 2 is 1.77 bits per heavy atom. The number of amides is 1. The normalized spacial score (nSPS) is 21.1. The molecule has 2 aromatic rings. The van der Waals surface area contributed by atoms with Gasteiger partial charge in [-0.2, -0.15) is 13.2 Å². The van der Waals surface area contributed by atoms with Crippen molar-refractivity contribution in [3.63, 3.8) is 0 Å². The summed E-state index contributed by atoms with van der Waals surface area (Å²) in [7, 11) is 0. The van der Waals surface area contributed by atoms with Gasteiger partial charge in [-0.3, -0.25) is 9.69 Å². The number of carboxylic acid groups (broad SMARTS) is 1. The first-order valence-corrected chi connectivity index (χ1v) is 10.1. The van der Waals surface area contributed by atoms with Crippen LogP contribution in [-0.4, -0.2) is 63.1 Å². The average molecular weight is 445 g/mol. The first kappa shape index (κ1) is 22.2. The fourth-order valence-corrected chi connectivity index (χ4v) is 4.34. The molecule has 0 saturated carbocycles. The second-order valence-corrected chi connectivity index (χ2v) is 7.70. The summed E-state index contributed by atoms with van der Waals surface area (Å²) in [4.78, 5) is 30.0. The minimum atomic E-state index is -5.08. The lowest BCUT2D eigenvalue weighted by molar-refractivity contribution is -0.192. The number of rotatable bonds is 3. The first-order valence-electron chi connectivity index (χ1n) is 9.14. The highest BCUT2D eigenvalue weighted by atomic mass is 32.1. The molecule has 0 spiro atoms. The number of fused-ring (bicyclic) bond motifs is 1. The number of alkyl halides is 3. The minimum absolute atomic E-state index is 0.0578. The maximum Gasteiger partial charge on any atom is 0.490 e. The van der Waals surface area contributed by atoms with E-state index in [4.69, 9.17) is 9.90 Å². The van der Waals surface area contributed by atoms with Crippen molar-refractivity contribution in [3.8, 4) is 0 Å². The molecule has 2 aliphatic rings. The molecule has 0 radical (unpaired) electrons. The van der Waals surface area contributed by atoms with E-state index in [2.05, 4.69) is 9.88 Å². The molecular weight excluding hydrogens is 426 g/mol. The average Bonchev–Trinajstić information content (AvgIpc) is 3.41. The van der Waals surface area contributed by atoms with Gasteiger partial charge in [0.15, 0.2) is 0 Å². The van der Waals surface area contributed by atoms with Gasteiger partial charge in [-0.1, -0.05) is 12.1 Å². The highest BCUT2D eigenvalue weighted by Gasteiger charge is 2.44. The molecule has 0 aliphatic carbocycles. The zero-order chi connectivity index (χ0) is 21.9. The lowest BCUT2D eigenvalue weighted by Gasteiger charge is -2.25. The molecule has 1 amide bonds. The lowest BCUT2D eigenvalue weighted by atomic mass is 10.1. The number of carboxylic acids is 1. The van der Waals surface area contributed by atoms with Crippen molar-refractivity contribution >= 4 is 23.2 Å². The van der Waals surface area contributed by atoms with E-state index in [1.807, 2.05) is 22.4 Å². The Bertz CT molecular complexity index is 874. The number of thiazole rings is 1. The summed E-state index contributed by atoms with van der Waals surface area (Å²) in [6, 6.07) is 7.39. The van der Waals surface area contributed by atoms with E-state index in [-0.39, 0.29) is 17.8 Å². The summed E-state index contributed by atoms with van der Waals surface area (Å²) < 4.78 is 44.8. The number of hydrogen-bond donors (Lipinski definition) is 1. The number of nitrogens with zero attached hydrogens (tertiary/aromatic N) is 3. The number of benzene rings is 1. The van der Waals surface area contributed by atoms with E-state index >= 15 is 0 Å². The van der Waals surface area contributed by atoms with E-state index in [0.29, 0.717) is 11.7 Å². The molecule has 3 heterocycles. The van der Waals surface area contributed by atoms with Gasteiger partial charge in [-0.15, -0.1) is 11.3 Å². The predicted octanol–water partition coefficient (Wildman–Crippen LogP) is 3.40. The number of aliphatic carboxylic acids is 1. The molecule has 11 heteroatoms. The Hall–Kier alpha value is -2.53. The minimum Gasteiger partial charge on any atom is -0.475 e. The molecule has 162 valence electrons. The van der Waals surface area contributed by atoms with Crippen molar-refractivity contribution in [2.75, 3.05) is 13.1 Å². The number of hydrogen-bond acceptors (Lipinski definition) is 5. The van der Waals surface area contributed by atoms with E-state index in [1.165, 1.54) is 23.5 Å².